The molecule has 0 aliphatic carbocycles. The fourth-order valence-electron chi connectivity index (χ4n) is 2.37. The Hall–Kier alpha value is -1.81. The van der Waals surface area contributed by atoms with Crippen molar-refractivity contribution in [1.82, 2.24) is 5.32 Å². The van der Waals surface area contributed by atoms with Crippen molar-refractivity contribution in [1.29, 1.82) is 0 Å². The summed E-state index contributed by atoms with van der Waals surface area (Å²) in [5, 5.41) is 3.06. The molecule has 112 valence electrons. The molecule has 1 unspecified atom stereocenters. The van der Waals surface area contributed by atoms with Gasteiger partial charge in [-0.15, -0.1) is 0 Å². The van der Waals surface area contributed by atoms with Gasteiger partial charge in [0, 0.05) is 23.7 Å². The highest BCUT2D eigenvalue weighted by Gasteiger charge is 2.21. The summed E-state index contributed by atoms with van der Waals surface area (Å²) in [4.78, 5) is 0. The zero-order valence-corrected chi connectivity index (χ0v) is 12.1. The molecular formula is C17H18F3N. The second-order valence-electron chi connectivity index (χ2n) is 5.08. The van der Waals surface area contributed by atoms with E-state index < -0.39 is 23.5 Å². The van der Waals surface area contributed by atoms with Gasteiger partial charge in [-0.05, 0) is 25.5 Å². The summed E-state index contributed by atoms with van der Waals surface area (Å²) in [6.45, 7) is 4.40. The quantitative estimate of drug-likeness (QED) is 0.866. The summed E-state index contributed by atoms with van der Waals surface area (Å²) in [6.07, 6.45) is 0.438. The lowest BCUT2D eigenvalue weighted by Crippen LogP contribution is -2.25. The predicted octanol–water partition coefficient (Wildman–Crippen LogP) is 4.31. The summed E-state index contributed by atoms with van der Waals surface area (Å²) >= 11 is 0. The lowest BCUT2D eigenvalue weighted by molar-refractivity contribution is 0.462. The van der Waals surface area contributed by atoms with Gasteiger partial charge in [0.15, 0.2) is 0 Å². The number of rotatable bonds is 5. The van der Waals surface area contributed by atoms with E-state index in [9.17, 15) is 13.2 Å². The van der Waals surface area contributed by atoms with Crippen molar-refractivity contribution in [3.8, 4) is 0 Å². The molecule has 0 aliphatic rings. The van der Waals surface area contributed by atoms with Gasteiger partial charge in [0.1, 0.15) is 17.5 Å². The average Bonchev–Trinajstić information content (AvgIpc) is 2.40. The van der Waals surface area contributed by atoms with Gasteiger partial charge in [-0.25, -0.2) is 13.2 Å². The Morgan fingerprint density at radius 3 is 2.10 bits per heavy atom. The monoisotopic (exact) mass is 293 g/mol. The number of hydrogen-bond acceptors (Lipinski definition) is 1. The van der Waals surface area contributed by atoms with Crippen molar-refractivity contribution < 1.29 is 13.2 Å². The van der Waals surface area contributed by atoms with E-state index in [-0.39, 0.29) is 5.56 Å². The van der Waals surface area contributed by atoms with Gasteiger partial charge in [-0.3, -0.25) is 0 Å². The van der Waals surface area contributed by atoms with Crippen LogP contribution in [0.2, 0.25) is 0 Å². The third kappa shape index (κ3) is 3.85. The molecule has 0 spiro atoms. The van der Waals surface area contributed by atoms with Crippen LogP contribution in [0.15, 0.2) is 36.4 Å². The minimum absolute atomic E-state index is 0.112. The molecule has 0 radical (unpaired) electrons. The van der Waals surface area contributed by atoms with Crippen molar-refractivity contribution >= 4 is 0 Å². The first-order valence-corrected chi connectivity index (χ1v) is 6.94. The number of halogens is 3. The van der Waals surface area contributed by atoms with E-state index in [2.05, 4.69) is 5.32 Å². The number of hydrogen-bond donors (Lipinski definition) is 1. The number of likely N-dealkylation sites (N-methyl/N-ethyl adjacent to an activating group) is 1. The molecule has 0 fully saturated rings. The van der Waals surface area contributed by atoms with E-state index in [1.807, 2.05) is 38.1 Å². The molecule has 21 heavy (non-hydrogen) atoms. The molecule has 1 nitrogen and oxygen atoms in total. The molecular weight excluding hydrogens is 275 g/mol. The maximum absolute atomic E-state index is 13.9. The van der Waals surface area contributed by atoms with Gasteiger partial charge in [0.05, 0.1) is 0 Å². The smallest absolute Gasteiger partial charge is 0.133 e. The Morgan fingerprint density at radius 1 is 1.00 bits per heavy atom. The predicted molar refractivity (Wildman–Crippen MR) is 77.6 cm³/mol. The zero-order valence-electron chi connectivity index (χ0n) is 12.1. The average molecular weight is 293 g/mol. The Morgan fingerprint density at radius 2 is 1.57 bits per heavy atom. The first kappa shape index (κ1) is 15.6. The number of benzene rings is 2. The molecule has 0 aromatic heterocycles. The van der Waals surface area contributed by atoms with Crippen molar-refractivity contribution in [3.05, 3.63) is 70.5 Å². The molecule has 4 heteroatoms. The molecule has 0 bridgehead atoms. The minimum Gasteiger partial charge on any atom is -0.310 e. The van der Waals surface area contributed by atoms with E-state index in [4.69, 9.17) is 0 Å². The summed E-state index contributed by atoms with van der Waals surface area (Å²) in [5.41, 5.74) is 1.98. The van der Waals surface area contributed by atoms with Crippen LogP contribution in [0.1, 0.15) is 29.7 Å². The summed E-state index contributed by atoms with van der Waals surface area (Å²) in [6, 6.07) is 8.68. The summed E-state index contributed by atoms with van der Waals surface area (Å²) in [7, 11) is 0. The molecule has 1 atom stereocenters. The summed E-state index contributed by atoms with van der Waals surface area (Å²) in [5.74, 6) is -2.62. The van der Waals surface area contributed by atoms with Crippen LogP contribution in [-0.4, -0.2) is 6.54 Å². The second kappa shape index (κ2) is 6.76. The van der Waals surface area contributed by atoms with Crippen LogP contribution in [-0.2, 0) is 6.42 Å². The van der Waals surface area contributed by atoms with Crippen LogP contribution < -0.4 is 5.32 Å². The lowest BCUT2D eigenvalue weighted by Gasteiger charge is -2.20. The third-order valence-electron chi connectivity index (χ3n) is 3.40. The van der Waals surface area contributed by atoms with Crippen molar-refractivity contribution in [2.75, 3.05) is 6.54 Å². The SMILES string of the molecule is CCNC(Cc1ccc(C)cc1)c1c(F)cc(F)cc1F. The third-order valence-corrected chi connectivity index (χ3v) is 3.40. The normalized spacial score (nSPS) is 12.4. The van der Waals surface area contributed by atoms with Crippen molar-refractivity contribution in [2.45, 2.75) is 26.3 Å². The van der Waals surface area contributed by atoms with Crippen molar-refractivity contribution in [2.24, 2.45) is 0 Å². The molecule has 0 aliphatic heterocycles. The fraction of sp³-hybridized carbons (Fsp3) is 0.294. The second-order valence-corrected chi connectivity index (χ2v) is 5.08. The van der Waals surface area contributed by atoms with E-state index in [0.29, 0.717) is 13.0 Å². The van der Waals surface area contributed by atoms with Crippen LogP contribution in [0.4, 0.5) is 13.2 Å². The Kier molecular flexibility index (Phi) is 5.02. The fourth-order valence-corrected chi connectivity index (χ4v) is 2.37. The standard InChI is InChI=1S/C17H18F3N/c1-3-21-16(8-12-6-4-11(2)5-7-12)17-14(19)9-13(18)10-15(17)20/h4-7,9-10,16,21H,3,8H2,1-2H3. The van der Waals surface area contributed by atoms with Gasteiger partial charge in [0.2, 0.25) is 0 Å². The van der Waals surface area contributed by atoms with Crippen molar-refractivity contribution in [3.63, 3.8) is 0 Å². The van der Waals surface area contributed by atoms with Gasteiger partial charge in [-0.2, -0.15) is 0 Å². The maximum atomic E-state index is 13.9. The maximum Gasteiger partial charge on any atom is 0.133 e. The number of nitrogens with one attached hydrogen (secondary N) is 1. The molecule has 0 saturated heterocycles. The molecule has 0 heterocycles. The van der Waals surface area contributed by atoms with Crippen LogP contribution in [0.3, 0.4) is 0 Å². The van der Waals surface area contributed by atoms with E-state index in [1.54, 1.807) is 0 Å². The van der Waals surface area contributed by atoms with Crippen LogP contribution in [0.25, 0.3) is 0 Å². The highest BCUT2D eigenvalue weighted by atomic mass is 19.1. The minimum atomic E-state index is -0.903. The van der Waals surface area contributed by atoms with Crippen LogP contribution >= 0.6 is 0 Å². The van der Waals surface area contributed by atoms with E-state index in [0.717, 1.165) is 23.3 Å². The Bertz CT molecular complexity index is 585. The first-order chi connectivity index (χ1) is 10.0. The van der Waals surface area contributed by atoms with Gasteiger partial charge >= 0.3 is 0 Å². The molecule has 2 aromatic rings. The van der Waals surface area contributed by atoms with E-state index in [1.165, 1.54) is 0 Å². The summed E-state index contributed by atoms with van der Waals surface area (Å²) < 4.78 is 40.9. The van der Waals surface area contributed by atoms with Crippen LogP contribution in [0, 0.1) is 24.4 Å². The van der Waals surface area contributed by atoms with Gasteiger partial charge < -0.3 is 5.32 Å². The Balaban J connectivity index is 2.33. The Labute approximate surface area is 122 Å². The lowest BCUT2D eigenvalue weighted by atomic mass is 9.97. The molecule has 0 saturated carbocycles. The molecule has 0 amide bonds. The molecule has 2 aromatic carbocycles. The molecule has 1 N–H and O–H groups in total. The number of aryl methyl sites for hydroxylation is 1. The zero-order chi connectivity index (χ0) is 15.4. The van der Waals surface area contributed by atoms with Gasteiger partial charge in [-0.1, -0.05) is 36.8 Å². The largest absolute Gasteiger partial charge is 0.310 e. The first-order valence-electron chi connectivity index (χ1n) is 6.94. The van der Waals surface area contributed by atoms with Crippen LogP contribution in [0.5, 0.6) is 0 Å². The topological polar surface area (TPSA) is 12.0 Å². The highest BCUT2D eigenvalue weighted by molar-refractivity contribution is 5.28. The molecule has 2 rings (SSSR count). The highest BCUT2D eigenvalue weighted by Crippen LogP contribution is 2.25. The van der Waals surface area contributed by atoms with E-state index >= 15 is 0 Å². The van der Waals surface area contributed by atoms with Gasteiger partial charge in [0.25, 0.3) is 0 Å².